The highest BCUT2D eigenvalue weighted by molar-refractivity contribution is 5.92. The molecule has 1 N–H and O–H groups in total. The Morgan fingerprint density at radius 1 is 1.17 bits per heavy atom. The number of nitrogens with one attached hydrogen (secondary N) is 1. The quantitative estimate of drug-likeness (QED) is 0.946. The van der Waals surface area contributed by atoms with E-state index in [-0.39, 0.29) is 11.9 Å². The van der Waals surface area contributed by atoms with Crippen LogP contribution >= 0.6 is 0 Å². The molecule has 0 spiro atoms. The average Bonchev–Trinajstić information content (AvgIpc) is 3.16. The molecule has 122 valence electrons. The molecule has 1 aromatic carbocycles. The smallest absolute Gasteiger partial charge is 0.273 e. The van der Waals surface area contributed by atoms with Crippen molar-refractivity contribution < 1.29 is 9.32 Å². The largest absolute Gasteiger partial charge is 0.360 e. The van der Waals surface area contributed by atoms with Gasteiger partial charge in [-0.1, -0.05) is 41.6 Å². The lowest BCUT2D eigenvalue weighted by Gasteiger charge is -2.11. The van der Waals surface area contributed by atoms with Gasteiger partial charge in [-0.2, -0.15) is 0 Å². The molecule has 0 radical (unpaired) electrons. The van der Waals surface area contributed by atoms with Crippen molar-refractivity contribution in [1.29, 1.82) is 0 Å². The zero-order chi connectivity index (χ0) is 16.1. The van der Waals surface area contributed by atoms with Crippen molar-refractivity contribution in [1.82, 2.24) is 15.4 Å². The van der Waals surface area contributed by atoms with Gasteiger partial charge in [-0.15, -0.1) is 0 Å². The van der Waals surface area contributed by atoms with Crippen molar-refractivity contribution in [2.75, 3.05) is 20.1 Å². The monoisotopic (exact) mass is 313 g/mol. The second-order valence-corrected chi connectivity index (χ2v) is 6.26. The number of hydrogen-bond donors (Lipinski definition) is 1. The summed E-state index contributed by atoms with van der Waals surface area (Å²) in [6.07, 6.45) is 3.32. The van der Waals surface area contributed by atoms with Crippen molar-refractivity contribution >= 4 is 5.91 Å². The Kier molecular flexibility index (Phi) is 5.08. The molecule has 1 amide bonds. The van der Waals surface area contributed by atoms with Gasteiger partial charge >= 0.3 is 0 Å². The summed E-state index contributed by atoms with van der Waals surface area (Å²) in [5.74, 6) is 1.25. The summed E-state index contributed by atoms with van der Waals surface area (Å²) in [5, 5.41) is 6.83. The van der Waals surface area contributed by atoms with Gasteiger partial charge in [0.2, 0.25) is 0 Å². The van der Waals surface area contributed by atoms with Crippen molar-refractivity contribution in [2.24, 2.45) is 0 Å². The highest BCUT2D eigenvalue weighted by atomic mass is 16.5. The van der Waals surface area contributed by atoms with Gasteiger partial charge in [0.05, 0.1) is 0 Å². The number of likely N-dealkylation sites (N-methyl/N-ethyl adjacent to an activating group) is 1. The van der Waals surface area contributed by atoms with Gasteiger partial charge in [-0.25, -0.2) is 0 Å². The van der Waals surface area contributed by atoms with Crippen LogP contribution in [0.15, 0.2) is 47.0 Å². The molecule has 1 atom stereocenters. The number of amides is 1. The van der Waals surface area contributed by atoms with Crippen LogP contribution in [0.25, 0.3) is 0 Å². The van der Waals surface area contributed by atoms with Crippen LogP contribution in [-0.2, 0) is 0 Å². The van der Waals surface area contributed by atoms with E-state index >= 15 is 0 Å². The zero-order valence-corrected chi connectivity index (χ0v) is 13.4. The van der Waals surface area contributed by atoms with E-state index in [4.69, 9.17) is 4.52 Å². The number of nitrogens with zero attached hydrogens (tertiary/aromatic N) is 2. The Bertz CT molecular complexity index is 595. The molecule has 2 heterocycles. The van der Waals surface area contributed by atoms with E-state index in [9.17, 15) is 4.79 Å². The first-order chi connectivity index (χ1) is 11.2. The van der Waals surface area contributed by atoms with Crippen LogP contribution < -0.4 is 5.32 Å². The lowest BCUT2D eigenvalue weighted by molar-refractivity contribution is 0.0929. The third kappa shape index (κ3) is 4.66. The third-order valence-electron chi connectivity index (χ3n) is 4.13. The van der Waals surface area contributed by atoms with Crippen LogP contribution in [-0.4, -0.2) is 42.1 Å². The Hall–Kier alpha value is -2.14. The predicted octanol–water partition coefficient (Wildman–Crippen LogP) is 2.67. The molecule has 2 fully saturated rings. The van der Waals surface area contributed by atoms with Crippen LogP contribution in [0.2, 0.25) is 0 Å². The summed E-state index contributed by atoms with van der Waals surface area (Å²) < 4.78 is 5.17. The predicted molar refractivity (Wildman–Crippen MR) is 88.3 cm³/mol. The minimum Gasteiger partial charge on any atom is -0.360 e. The number of carbonyl (C=O) groups excluding carboxylic acids is 1. The van der Waals surface area contributed by atoms with Crippen molar-refractivity contribution in [3.05, 3.63) is 53.9 Å². The molecule has 0 bridgehead atoms. The van der Waals surface area contributed by atoms with Crippen molar-refractivity contribution in [2.45, 2.75) is 31.2 Å². The summed E-state index contributed by atoms with van der Waals surface area (Å²) in [4.78, 5) is 14.1. The number of aromatic nitrogens is 1. The standard InChI is InChI=1S/C12H17N3O2.C6H6/c1-15-5-4-9(7-15)13-12(16)10-6-11(17-14-10)8-2-3-8;1-2-4-6-5-3-1/h6,8-9H,2-5,7H2,1H3,(H,13,16);1-6H. The molecule has 5 heteroatoms. The van der Waals surface area contributed by atoms with Gasteiger partial charge in [-0.05, 0) is 32.9 Å². The lowest BCUT2D eigenvalue weighted by Crippen LogP contribution is -2.36. The molecule has 1 aliphatic heterocycles. The second kappa shape index (κ2) is 7.42. The molecule has 1 aromatic heterocycles. The highest BCUT2D eigenvalue weighted by Crippen LogP contribution is 2.40. The molecule has 5 nitrogen and oxygen atoms in total. The van der Waals surface area contributed by atoms with E-state index in [1.54, 1.807) is 6.07 Å². The molecule has 23 heavy (non-hydrogen) atoms. The minimum absolute atomic E-state index is 0.110. The summed E-state index contributed by atoms with van der Waals surface area (Å²) in [6.45, 7) is 1.95. The Morgan fingerprint density at radius 2 is 1.83 bits per heavy atom. The SMILES string of the molecule is CN1CCC(NC(=O)c2cc(C3CC3)on2)C1.c1ccccc1. The summed E-state index contributed by atoms with van der Waals surface area (Å²) in [5.41, 5.74) is 0.418. The number of likely N-dealkylation sites (tertiary alicyclic amines) is 1. The first-order valence-corrected chi connectivity index (χ1v) is 8.18. The van der Waals surface area contributed by atoms with Crippen LogP contribution in [0.1, 0.15) is 41.4 Å². The normalized spacial score (nSPS) is 20.7. The van der Waals surface area contributed by atoms with Crippen LogP contribution in [0.3, 0.4) is 0 Å². The van der Waals surface area contributed by atoms with Gasteiger partial charge < -0.3 is 14.7 Å². The average molecular weight is 313 g/mol. The molecular weight excluding hydrogens is 290 g/mol. The lowest BCUT2D eigenvalue weighted by atomic mass is 10.2. The number of carbonyl (C=O) groups is 1. The van der Waals surface area contributed by atoms with Crippen LogP contribution in [0.4, 0.5) is 0 Å². The third-order valence-corrected chi connectivity index (χ3v) is 4.13. The Morgan fingerprint density at radius 3 is 2.35 bits per heavy atom. The molecule has 1 saturated heterocycles. The van der Waals surface area contributed by atoms with Gasteiger partial charge in [-0.3, -0.25) is 4.79 Å². The zero-order valence-electron chi connectivity index (χ0n) is 13.4. The fourth-order valence-electron chi connectivity index (χ4n) is 2.65. The van der Waals surface area contributed by atoms with Crippen LogP contribution in [0, 0.1) is 0 Å². The van der Waals surface area contributed by atoms with Crippen LogP contribution in [0.5, 0.6) is 0 Å². The molecular formula is C18H23N3O2. The maximum Gasteiger partial charge on any atom is 0.273 e. The van der Waals surface area contributed by atoms with E-state index in [1.165, 1.54) is 0 Å². The maximum atomic E-state index is 11.9. The summed E-state index contributed by atoms with van der Waals surface area (Å²) in [7, 11) is 2.06. The number of benzene rings is 1. The van der Waals surface area contributed by atoms with Gasteiger partial charge in [0.1, 0.15) is 5.76 Å². The Labute approximate surface area is 136 Å². The maximum absolute atomic E-state index is 11.9. The fraction of sp³-hybridized carbons (Fsp3) is 0.444. The highest BCUT2D eigenvalue weighted by Gasteiger charge is 2.29. The minimum atomic E-state index is -0.110. The molecule has 1 aliphatic carbocycles. The topological polar surface area (TPSA) is 58.4 Å². The fourth-order valence-corrected chi connectivity index (χ4v) is 2.65. The molecule has 2 aromatic rings. The molecule has 4 rings (SSSR count). The molecule has 2 aliphatic rings. The van der Waals surface area contributed by atoms with Gasteiger partial charge in [0.25, 0.3) is 5.91 Å². The first kappa shape index (κ1) is 15.7. The van der Waals surface area contributed by atoms with E-state index in [1.807, 2.05) is 36.4 Å². The van der Waals surface area contributed by atoms with E-state index in [0.717, 1.165) is 38.1 Å². The summed E-state index contributed by atoms with van der Waals surface area (Å²) >= 11 is 0. The van der Waals surface area contributed by atoms with E-state index in [0.29, 0.717) is 11.6 Å². The first-order valence-electron chi connectivity index (χ1n) is 8.18. The van der Waals surface area contributed by atoms with Gasteiger partial charge in [0.15, 0.2) is 5.69 Å². The second-order valence-electron chi connectivity index (χ2n) is 6.26. The number of hydrogen-bond acceptors (Lipinski definition) is 4. The van der Waals surface area contributed by atoms with Gasteiger partial charge in [0, 0.05) is 24.6 Å². The number of rotatable bonds is 3. The van der Waals surface area contributed by atoms with E-state index < -0.39 is 0 Å². The molecule has 1 saturated carbocycles. The van der Waals surface area contributed by atoms with Crippen molar-refractivity contribution in [3.63, 3.8) is 0 Å². The van der Waals surface area contributed by atoms with E-state index in [2.05, 4.69) is 22.4 Å². The van der Waals surface area contributed by atoms with Crippen molar-refractivity contribution in [3.8, 4) is 0 Å². The molecule has 1 unspecified atom stereocenters. The Balaban J connectivity index is 0.000000220. The summed E-state index contributed by atoms with van der Waals surface area (Å²) in [6, 6.07) is 14.0.